The summed E-state index contributed by atoms with van der Waals surface area (Å²) in [5, 5.41) is 13.6. The van der Waals surface area contributed by atoms with Crippen molar-refractivity contribution in [2.75, 3.05) is 5.32 Å². The fourth-order valence-corrected chi connectivity index (χ4v) is 1.92. The second-order valence-electron chi connectivity index (χ2n) is 4.59. The predicted octanol–water partition coefficient (Wildman–Crippen LogP) is 3.50. The number of nitrogens with one attached hydrogen (secondary N) is 1. The Morgan fingerprint density at radius 2 is 1.95 bits per heavy atom. The SMILES string of the molecule is Cc1ccc(NCc2cc([N+](=O)[O-])c(F)cc2F)c(C)n1. The van der Waals surface area contributed by atoms with Crippen molar-refractivity contribution in [2.24, 2.45) is 0 Å². The fourth-order valence-electron chi connectivity index (χ4n) is 1.92. The van der Waals surface area contributed by atoms with E-state index in [1.807, 2.05) is 6.92 Å². The van der Waals surface area contributed by atoms with E-state index < -0.39 is 22.2 Å². The number of anilines is 1. The third-order valence-corrected chi connectivity index (χ3v) is 3.01. The third kappa shape index (κ3) is 3.31. The number of nitrogens with zero attached hydrogens (tertiary/aromatic N) is 2. The van der Waals surface area contributed by atoms with Crippen LogP contribution >= 0.6 is 0 Å². The van der Waals surface area contributed by atoms with Gasteiger partial charge in [-0.25, -0.2) is 4.39 Å². The molecule has 0 fully saturated rings. The minimum atomic E-state index is -1.19. The summed E-state index contributed by atoms with van der Waals surface area (Å²) in [4.78, 5) is 14.0. The van der Waals surface area contributed by atoms with Crippen molar-refractivity contribution in [1.82, 2.24) is 4.98 Å². The lowest BCUT2D eigenvalue weighted by molar-refractivity contribution is -0.387. The van der Waals surface area contributed by atoms with Gasteiger partial charge in [0.2, 0.25) is 5.82 Å². The maximum Gasteiger partial charge on any atom is 0.305 e. The zero-order valence-corrected chi connectivity index (χ0v) is 11.5. The van der Waals surface area contributed by atoms with Gasteiger partial charge in [0.25, 0.3) is 0 Å². The average molecular weight is 293 g/mol. The maximum atomic E-state index is 13.6. The minimum Gasteiger partial charge on any atom is -0.379 e. The topological polar surface area (TPSA) is 68.1 Å². The third-order valence-electron chi connectivity index (χ3n) is 3.01. The van der Waals surface area contributed by atoms with Crippen LogP contribution in [0.2, 0.25) is 0 Å². The Hall–Kier alpha value is -2.57. The highest BCUT2D eigenvalue weighted by molar-refractivity contribution is 5.49. The Morgan fingerprint density at radius 1 is 1.24 bits per heavy atom. The van der Waals surface area contributed by atoms with E-state index >= 15 is 0 Å². The van der Waals surface area contributed by atoms with Crippen molar-refractivity contribution >= 4 is 11.4 Å². The van der Waals surface area contributed by atoms with Gasteiger partial charge in [-0.2, -0.15) is 4.39 Å². The molecule has 0 aliphatic carbocycles. The molecular weight excluding hydrogens is 280 g/mol. The van der Waals surface area contributed by atoms with Gasteiger partial charge in [0, 0.05) is 29.9 Å². The van der Waals surface area contributed by atoms with Crippen molar-refractivity contribution in [3.63, 3.8) is 0 Å². The number of aromatic nitrogens is 1. The largest absolute Gasteiger partial charge is 0.379 e. The first kappa shape index (κ1) is 14.8. The summed E-state index contributed by atoms with van der Waals surface area (Å²) < 4.78 is 26.9. The van der Waals surface area contributed by atoms with Gasteiger partial charge in [-0.05, 0) is 26.0 Å². The molecule has 0 bridgehead atoms. The Bertz CT molecular complexity index is 705. The van der Waals surface area contributed by atoms with Crippen LogP contribution in [0.25, 0.3) is 0 Å². The lowest BCUT2D eigenvalue weighted by Gasteiger charge is -2.10. The van der Waals surface area contributed by atoms with E-state index in [1.54, 1.807) is 19.1 Å². The molecular formula is C14H13F2N3O2. The first-order valence-electron chi connectivity index (χ1n) is 6.19. The summed E-state index contributed by atoms with van der Waals surface area (Å²) in [6.07, 6.45) is 0. The van der Waals surface area contributed by atoms with Crippen LogP contribution in [0.3, 0.4) is 0 Å². The fraction of sp³-hybridized carbons (Fsp3) is 0.214. The molecule has 0 amide bonds. The first-order chi connectivity index (χ1) is 9.88. The summed E-state index contributed by atoms with van der Waals surface area (Å²) in [7, 11) is 0. The average Bonchev–Trinajstić information content (AvgIpc) is 2.39. The first-order valence-corrected chi connectivity index (χ1v) is 6.19. The van der Waals surface area contributed by atoms with Crippen LogP contribution < -0.4 is 5.32 Å². The van der Waals surface area contributed by atoms with Crippen LogP contribution in [0.1, 0.15) is 17.0 Å². The van der Waals surface area contributed by atoms with E-state index in [4.69, 9.17) is 0 Å². The lowest BCUT2D eigenvalue weighted by Crippen LogP contribution is -2.06. The summed E-state index contributed by atoms with van der Waals surface area (Å²) in [5.74, 6) is -2.02. The van der Waals surface area contributed by atoms with Crippen LogP contribution in [0.15, 0.2) is 24.3 Å². The highest BCUT2D eigenvalue weighted by Crippen LogP contribution is 2.23. The molecule has 0 saturated heterocycles. The van der Waals surface area contributed by atoms with Crippen molar-refractivity contribution in [1.29, 1.82) is 0 Å². The van der Waals surface area contributed by atoms with Crippen molar-refractivity contribution < 1.29 is 13.7 Å². The van der Waals surface area contributed by atoms with Gasteiger partial charge in [-0.3, -0.25) is 15.1 Å². The molecule has 0 spiro atoms. The smallest absolute Gasteiger partial charge is 0.305 e. The van der Waals surface area contributed by atoms with Gasteiger partial charge in [-0.1, -0.05) is 0 Å². The Kier molecular flexibility index (Phi) is 4.11. The van der Waals surface area contributed by atoms with E-state index in [1.165, 1.54) is 0 Å². The molecule has 21 heavy (non-hydrogen) atoms. The van der Waals surface area contributed by atoms with Gasteiger partial charge in [-0.15, -0.1) is 0 Å². The molecule has 1 N–H and O–H groups in total. The summed E-state index contributed by atoms with van der Waals surface area (Å²) in [6, 6.07) is 5.00. The minimum absolute atomic E-state index is 0.00145. The monoisotopic (exact) mass is 293 g/mol. The van der Waals surface area contributed by atoms with Crippen molar-refractivity contribution in [3.05, 3.63) is 63.0 Å². The van der Waals surface area contributed by atoms with E-state index in [-0.39, 0.29) is 12.1 Å². The second-order valence-corrected chi connectivity index (χ2v) is 4.59. The van der Waals surface area contributed by atoms with Crippen LogP contribution in [-0.2, 0) is 6.54 Å². The number of hydrogen-bond donors (Lipinski definition) is 1. The van der Waals surface area contributed by atoms with Gasteiger partial charge in [0.15, 0.2) is 0 Å². The highest BCUT2D eigenvalue weighted by atomic mass is 19.1. The molecule has 0 saturated carbocycles. The number of hydrogen-bond acceptors (Lipinski definition) is 4. The summed E-state index contributed by atoms with van der Waals surface area (Å²) >= 11 is 0. The normalized spacial score (nSPS) is 10.5. The Balaban J connectivity index is 2.23. The van der Waals surface area contributed by atoms with E-state index in [0.717, 1.165) is 17.5 Å². The van der Waals surface area contributed by atoms with Crippen LogP contribution in [0.4, 0.5) is 20.2 Å². The van der Waals surface area contributed by atoms with Crippen molar-refractivity contribution in [2.45, 2.75) is 20.4 Å². The molecule has 0 radical (unpaired) electrons. The predicted molar refractivity (Wildman–Crippen MR) is 74.1 cm³/mol. The molecule has 0 atom stereocenters. The Labute approximate surface area is 119 Å². The number of aryl methyl sites for hydroxylation is 2. The van der Waals surface area contributed by atoms with Gasteiger partial charge < -0.3 is 5.32 Å². The zero-order valence-electron chi connectivity index (χ0n) is 11.5. The Morgan fingerprint density at radius 3 is 2.57 bits per heavy atom. The van der Waals surface area contributed by atoms with E-state index in [9.17, 15) is 18.9 Å². The number of nitro benzene ring substituents is 1. The number of halogens is 2. The number of benzene rings is 1. The molecule has 1 aromatic heterocycles. The second kappa shape index (κ2) is 5.82. The lowest BCUT2D eigenvalue weighted by atomic mass is 10.1. The molecule has 1 aromatic carbocycles. The quantitative estimate of drug-likeness (QED) is 0.692. The molecule has 5 nitrogen and oxygen atoms in total. The molecule has 7 heteroatoms. The summed E-state index contributed by atoms with van der Waals surface area (Å²) in [6.45, 7) is 3.64. The standard InChI is InChI=1S/C14H13F2N3O2/c1-8-3-4-13(9(2)18-8)17-7-10-5-14(19(20)21)12(16)6-11(10)15/h3-6,17H,7H2,1-2H3. The molecule has 110 valence electrons. The molecule has 0 aliphatic rings. The molecule has 2 aromatic rings. The summed E-state index contributed by atoms with van der Waals surface area (Å²) in [5.41, 5.74) is 1.54. The van der Waals surface area contributed by atoms with Crippen LogP contribution in [0.5, 0.6) is 0 Å². The molecule has 0 aliphatic heterocycles. The van der Waals surface area contributed by atoms with Crippen LogP contribution in [-0.4, -0.2) is 9.91 Å². The van der Waals surface area contributed by atoms with E-state index in [2.05, 4.69) is 10.3 Å². The number of nitro groups is 1. The van der Waals surface area contributed by atoms with Gasteiger partial charge in [0.1, 0.15) is 5.82 Å². The zero-order chi connectivity index (χ0) is 15.6. The molecule has 0 unspecified atom stereocenters. The highest BCUT2D eigenvalue weighted by Gasteiger charge is 2.18. The van der Waals surface area contributed by atoms with Gasteiger partial charge in [0.05, 0.1) is 16.3 Å². The molecule has 1 heterocycles. The van der Waals surface area contributed by atoms with Gasteiger partial charge >= 0.3 is 5.69 Å². The van der Waals surface area contributed by atoms with Crippen molar-refractivity contribution in [3.8, 4) is 0 Å². The van der Waals surface area contributed by atoms with E-state index in [0.29, 0.717) is 11.8 Å². The van der Waals surface area contributed by atoms with Crippen LogP contribution in [0, 0.1) is 35.6 Å². The molecule has 2 rings (SSSR count). The number of rotatable bonds is 4. The number of pyridine rings is 1. The maximum absolute atomic E-state index is 13.6.